The average Bonchev–Trinajstić information content (AvgIpc) is 3.10. The second-order valence-electron chi connectivity index (χ2n) is 4.48. The molecule has 3 rings (SSSR count). The SMILES string of the molecule is O=C(c1ccoc1)N1CCC(Oc2cccnc2)C1. The lowest BCUT2D eigenvalue weighted by Gasteiger charge is -2.16. The van der Waals surface area contributed by atoms with Crippen LogP contribution < -0.4 is 4.74 Å². The second-order valence-corrected chi connectivity index (χ2v) is 4.48. The van der Waals surface area contributed by atoms with E-state index in [1.165, 1.54) is 12.5 Å². The van der Waals surface area contributed by atoms with Gasteiger partial charge in [0.1, 0.15) is 18.1 Å². The minimum atomic E-state index is -0.00830. The van der Waals surface area contributed by atoms with E-state index in [1.807, 2.05) is 12.1 Å². The molecule has 0 N–H and O–H groups in total. The van der Waals surface area contributed by atoms with Gasteiger partial charge in [-0.25, -0.2) is 0 Å². The van der Waals surface area contributed by atoms with Crippen LogP contribution in [0.25, 0.3) is 0 Å². The van der Waals surface area contributed by atoms with E-state index in [4.69, 9.17) is 9.15 Å². The Kier molecular flexibility index (Phi) is 3.18. The quantitative estimate of drug-likeness (QED) is 0.844. The lowest BCUT2D eigenvalue weighted by Crippen LogP contribution is -2.30. The Hall–Kier alpha value is -2.30. The number of hydrogen-bond acceptors (Lipinski definition) is 4. The normalized spacial score (nSPS) is 18.5. The predicted molar refractivity (Wildman–Crippen MR) is 67.9 cm³/mol. The number of pyridine rings is 1. The fraction of sp³-hybridized carbons (Fsp3) is 0.286. The summed E-state index contributed by atoms with van der Waals surface area (Å²) in [5.41, 5.74) is 0.585. The van der Waals surface area contributed by atoms with Crippen molar-refractivity contribution >= 4 is 5.91 Å². The van der Waals surface area contributed by atoms with Crippen molar-refractivity contribution < 1.29 is 13.9 Å². The Balaban J connectivity index is 1.60. The molecule has 0 aromatic carbocycles. The number of ether oxygens (including phenoxy) is 1. The van der Waals surface area contributed by atoms with Crippen LogP contribution in [0.3, 0.4) is 0 Å². The molecule has 0 bridgehead atoms. The smallest absolute Gasteiger partial charge is 0.257 e. The molecule has 98 valence electrons. The molecule has 1 amide bonds. The molecule has 3 heterocycles. The van der Waals surface area contributed by atoms with Gasteiger partial charge in [-0.05, 0) is 18.2 Å². The third-order valence-electron chi connectivity index (χ3n) is 3.14. The summed E-state index contributed by atoms with van der Waals surface area (Å²) in [6.45, 7) is 1.30. The lowest BCUT2D eigenvalue weighted by molar-refractivity contribution is 0.0771. The van der Waals surface area contributed by atoms with Crippen molar-refractivity contribution in [2.24, 2.45) is 0 Å². The summed E-state index contributed by atoms with van der Waals surface area (Å²) in [7, 11) is 0. The fourth-order valence-corrected chi connectivity index (χ4v) is 2.19. The zero-order chi connectivity index (χ0) is 13.1. The van der Waals surface area contributed by atoms with Crippen LogP contribution in [-0.4, -0.2) is 35.0 Å². The van der Waals surface area contributed by atoms with Gasteiger partial charge in [-0.15, -0.1) is 0 Å². The zero-order valence-corrected chi connectivity index (χ0v) is 10.4. The molecule has 0 spiro atoms. The van der Waals surface area contributed by atoms with Crippen molar-refractivity contribution in [2.75, 3.05) is 13.1 Å². The van der Waals surface area contributed by atoms with Crippen molar-refractivity contribution in [3.05, 3.63) is 48.7 Å². The number of nitrogens with zero attached hydrogens (tertiary/aromatic N) is 2. The summed E-state index contributed by atoms with van der Waals surface area (Å²) in [5, 5.41) is 0. The van der Waals surface area contributed by atoms with Crippen LogP contribution in [0, 0.1) is 0 Å². The summed E-state index contributed by atoms with van der Waals surface area (Å²) in [6, 6.07) is 5.38. The number of furan rings is 1. The third kappa shape index (κ3) is 2.59. The number of amides is 1. The highest BCUT2D eigenvalue weighted by Crippen LogP contribution is 2.19. The van der Waals surface area contributed by atoms with Gasteiger partial charge in [0.05, 0.1) is 24.6 Å². The van der Waals surface area contributed by atoms with E-state index in [-0.39, 0.29) is 12.0 Å². The molecule has 1 atom stereocenters. The Morgan fingerprint density at radius 3 is 3.16 bits per heavy atom. The van der Waals surface area contributed by atoms with E-state index < -0.39 is 0 Å². The first kappa shape index (κ1) is 11.8. The standard InChI is InChI=1S/C14H14N2O3/c17-14(11-4-7-18-10-11)16-6-3-13(9-16)19-12-2-1-5-15-8-12/h1-2,4-5,7-8,10,13H,3,6,9H2. The second kappa shape index (κ2) is 5.14. The maximum Gasteiger partial charge on any atom is 0.257 e. The highest BCUT2D eigenvalue weighted by Gasteiger charge is 2.28. The van der Waals surface area contributed by atoms with Crippen LogP contribution in [0.5, 0.6) is 5.75 Å². The van der Waals surface area contributed by atoms with Gasteiger partial charge in [0.15, 0.2) is 0 Å². The Morgan fingerprint density at radius 1 is 1.47 bits per heavy atom. The van der Waals surface area contributed by atoms with Crippen molar-refractivity contribution in [3.63, 3.8) is 0 Å². The third-order valence-corrected chi connectivity index (χ3v) is 3.14. The monoisotopic (exact) mass is 258 g/mol. The molecule has 1 aliphatic rings. The maximum absolute atomic E-state index is 12.1. The van der Waals surface area contributed by atoms with Crippen LogP contribution >= 0.6 is 0 Å². The molecule has 1 unspecified atom stereocenters. The number of aromatic nitrogens is 1. The van der Waals surface area contributed by atoms with E-state index in [0.29, 0.717) is 18.7 Å². The van der Waals surface area contributed by atoms with E-state index in [1.54, 1.807) is 23.4 Å². The molecular weight excluding hydrogens is 244 g/mol. The summed E-state index contributed by atoms with van der Waals surface area (Å²) in [4.78, 5) is 17.9. The molecule has 1 aliphatic heterocycles. The van der Waals surface area contributed by atoms with Gasteiger partial charge in [-0.1, -0.05) is 0 Å². The highest BCUT2D eigenvalue weighted by atomic mass is 16.5. The molecule has 19 heavy (non-hydrogen) atoms. The van der Waals surface area contributed by atoms with Crippen LogP contribution in [0.2, 0.25) is 0 Å². The van der Waals surface area contributed by atoms with Gasteiger partial charge < -0.3 is 14.1 Å². The molecule has 0 saturated carbocycles. The summed E-state index contributed by atoms with van der Waals surface area (Å²) in [5.74, 6) is 0.733. The fourth-order valence-electron chi connectivity index (χ4n) is 2.19. The van der Waals surface area contributed by atoms with Crippen LogP contribution in [-0.2, 0) is 0 Å². The van der Waals surface area contributed by atoms with Gasteiger partial charge in [0.2, 0.25) is 0 Å². The number of rotatable bonds is 3. The summed E-state index contributed by atoms with van der Waals surface area (Å²) in [6.07, 6.45) is 7.22. The molecular formula is C14H14N2O3. The van der Waals surface area contributed by atoms with Gasteiger partial charge in [0.25, 0.3) is 5.91 Å². The average molecular weight is 258 g/mol. The van der Waals surface area contributed by atoms with Crippen molar-refractivity contribution in [2.45, 2.75) is 12.5 Å². The van der Waals surface area contributed by atoms with Crippen molar-refractivity contribution in [1.82, 2.24) is 9.88 Å². The molecule has 5 nitrogen and oxygen atoms in total. The van der Waals surface area contributed by atoms with Crippen molar-refractivity contribution in [1.29, 1.82) is 0 Å². The maximum atomic E-state index is 12.1. The first-order valence-corrected chi connectivity index (χ1v) is 6.21. The minimum Gasteiger partial charge on any atom is -0.487 e. The Bertz CT molecular complexity index is 539. The van der Waals surface area contributed by atoms with Crippen LogP contribution in [0.15, 0.2) is 47.5 Å². The largest absolute Gasteiger partial charge is 0.487 e. The molecule has 1 fully saturated rings. The van der Waals surface area contributed by atoms with E-state index in [2.05, 4.69) is 4.98 Å². The van der Waals surface area contributed by atoms with Gasteiger partial charge in [-0.2, -0.15) is 0 Å². The first-order valence-electron chi connectivity index (χ1n) is 6.21. The van der Waals surface area contributed by atoms with E-state index in [9.17, 15) is 4.79 Å². The Labute approximate surface area is 110 Å². The number of carbonyl (C=O) groups is 1. The van der Waals surface area contributed by atoms with E-state index >= 15 is 0 Å². The van der Waals surface area contributed by atoms with Gasteiger partial charge >= 0.3 is 0 Å². The molecule has 1 saturated heterocycles. The van der Waals surface area contributed by atoms with Crippen LogP contribution in [0.4, 0.5) is 0 Å². The number of likely N-dealkylation sites (tertiary alicyclic amines) is 1. The number of carbonyl (C=O) groups excluding carboxylic acids is 1. The highest BCUT2D eigenvalue weighted by molar-refractivity contribution is 5.94. The topological polar surface area (TPSA) is 55.6 Å². The summed E-state index contributed by atoms with van der Waals surface area (Å²) >= 11 is 0. The molecule has 0 aliphatic carbocycles. The number of hydrogen-bond donors (Lipinski definition) is 0. The van der Waals surface area contributed by atoms with Gasteiger partial charge in [0, 0.05) is 19.2 Å². The molecule has 0 radical (unpaired) electrons. The Morgan fingerprint density at radius 2 is 2.42 bits per heavy atom. The molecule has 2 aromatic rings. The summed E-state index contributed by atoms with van der Waals surface area (Å²) < 4.78 is 10.7. The molecule has 2 aromatic heterocycles. The van der Waals surface area contributed by atoms with Crippen LogP contribution in [0.1, 0.15) is 16.8 Å². The molecule has 5 heteroatoms. The van der Waals surface area contributed by atoms with Gasteiger partial charge in [-0.3, -0.25) is 9.78 Å². The first-order chi connectivity index (χ1) is 9.33. The zero-order valence-electron chi connectivity index (χ0n) is 10.4. The minimum absolute atomic E-state index is 0.00830. The predicted octanol–water partition coefficient (Wildman–Crippen LogP) is 1.97. The van der Waals surface area contributed by atoms with E-state index in [0.717, 1.165) is 12.2 Å². The lowest BCUT2D eigenvalue weighted by atomic mass is 10.3. The van der Waals surface area contributed by atoms with Crippen molar-refractivity contribution in [3.8, 4) is 5.75 Å².